The van der Waals surface area contributed by atoms with Crippen LogP contribution >= 0.6 is 0 Å². The number of carbonyl (C=O) groups is 2. The Kier molecular flexibility index (Phi) is 12.5. The van der Waals surface area contributed by atoms with Crippen molar-refractivity contribution in [2.45, 2.75) is 0 Å². The average Bonchev–Trinajstić information content (AvgIpc) is 2.87. The second-order valence-electron chi connectivity index (χ2n) is 6.61. The maximum Gasteiger partial charge on any atom is 0.343 e. The molecule has 0 N–H and O–H groups in total. The molecule has 0 atom stereocenters. The van der Waals surface area contributed by atoms with E-state index in [2.05, 4.69) is 6.58 Å². The third-order valence-corrected chi connectivity index (χ3v) is 4.16. The molecule has 0 amide bonds. The van der Waals surface area contributed by atoms with Crippen LogP contribution in [0, 0.1) is 11.3 Å². The summed E-state index contributed by atoms with van der Waals surface area (Å²) in [5.74, 6) is -0.00451. The quantitative estimate of drug-likeness (QED) is 0.158. The van der Waals surface area contributed by atoms with Gasteiger partial charge in [0.1, 0.15) is 24.7 Å². The number of hydrogen-bond acceptors (Lipinski definition) is 9. The minimum atomic E-state index is -0.499. The summed E-state index contributed by atoms with van der Waals surface area (Å²) in [6, 6.07) is 14.9. The third-order valence-electron chi connectivity index (χ3n) is 4.16. The van der Waals surface area contributed by atoms with E-state index >= 15 is 0 Å². The Morgan fingerprint density at radius 3 is 1.85 bits per heavy atom. The van der Waals surface area contributed by atoms with Gasteiger partial charge in [0.15, 0.2) is 0 Å². The minimum Gasteiger partial charge on any atom is -0.491 e. The molecule has 0 unspecified atom stereocenters. The first-order chi connectivity index (χ1) is 16.6. The minimum absolute atomic E-state index is 0.180. The molecular weight excluding hydrogens is 442 g/mol. The van der Waals surface area contributed by atoms with Gasteiger partial charge in [-0.25, -0.2) is 9.59 Å². The Labute approximate surface area is 198 Å². The molecule has 0 fully saturated rings. The number of benzene rings is 2. The average molecular weight is 469 g/mol. The number of nitrogens with zero attached hydrogens (tertiary/aromatic N) is 1. The van der Waals surface area contributed by atoms with E-state index in [0.29, 0.717) is 68.9 Å². The van der Waals surface area contributed by atoms with Crippen LogP contribution in [0.4, 0.5) is 0 Å². The lowest BCUT2D eigenvalue weighted by Gasteiger charge is -2.09. The molecule has 2 aromatic carbocycles. The van der Waals surface area contributed by atoms with Crippen LogP contribution in [0.3, 0.4) is 0 Å². The van der Waals surface area contributed by atoms with Crippen molar-refractivity contribution in [3.63, 3.8) is 0 Å². The number of rotatable bonds is 16. The highest BCUT2D eigenvalue weighted by atomic mass is 16.6. The van der Waals surface area contributed by atoms with Crippen LogP contribution in [0.15, 0.2) is 61.2 Å². The van der Waals surface area contributed by atoms with Gasteiger partial charge < -0.3 is 28.4 Å². The molecule has 34 heavy (non-hydrogen) atoms. The van der Waals surface area contributed by atoms with Gasteiger partial charge in [-0.05, 0) is 48.5 Å². The number of carbonyl (C=O) groups excluding carboxylic acids is 2. The topological polar surface area (TPSA) is 113 Å². The summed E-state index contributed by atoms with van der Waals surface area (Å²) < 4.78 is 31.7. The van der Waals surface area contributed by atoms with Gasteiger partial charge in [-0.15, -0.1) is 0 Å². The summed E-state index contributed by atoms with van der Waals surface area (Å²) >= 11 is 0. The summed E-state index contributed by atoms with van der Waals surface area (Å²) in [4.78, 5) is 23.0. The summed E-state index contributed by atoms with van der Waals surface area (Å²) in [5, 5.41) is 8.80. The van der Waals surface area contributed by atoms with E-state index in [0.717, 1.165) is 6.08 Å². The Morgan fingerprint density at radius 1 is 0.765 bits per heavy atom. The Bertz CT molecular complexity index is 935. The molecule has 0 aliphatic heterocycles. The highest BCUT2D eigenvalue weighted by molar-refractivity contribution is 5.91. The van der Waals surface area contributed by atoms with Gasteiger partial charge in [0.25, 0.3) is 0 Å². The first-order valence-electron chi connectivity index (χ1n) is 10.6. The fourth-order valence-corrected chi connectivity index (χ4v) is 2.47. The predicted molar refractivity (Wildman–Crippen MR) is 122 cm³/mol. The van der Waals surface area contributed by atoms with Crippen LogP contribution < -0.4 is 9.47 Å². The van der Waals surface area contributed by atoms with E-state index in [1.165, 1.54) is 0 Å². The van der Waals surface area contributed by atoms with Gasteiger partial charge in [-0.3, -0.25) is 0 Å². The Balaban J connectivity index is 1.49. The molecule has 0 saturated heterocycles. The lowest BCUT2D eigenvalue weighted by atomic mass is 10.2. The molecule has 9 heteroatoms. The fourth-order valence-electron chi connectivity index (χ4n) is 2.47. The number of esters is 2. The van der Waals surface area contributed by atoms with E-state index in [1.807, 2.05) is 6.07 Å². The van der Waals surface area contributed by atoms with Crippen molar-refractivity contribution in [3.8, 4) is 17.6 Å². The van der Waals surface area contributed by atoms with Crippen molar-refractivity contribution >= 4 is 11.9 Å². The maximum atomic E-state index is 12.2. The molecule has 0 radical (unpaired) electrons. The SMILES string of the molecule is C=CC(=O)OCCOCCOCCOCCOc1ccc(C(=O)Oc2ccc(C#N)cc2)cc1. The van der Waals surface area contributed by atoms with E-state index in [4.69, 9.17) is 33.7 Å². The molecule has 0 spiro atoms. The smallest absolute Gasteiger partial charge is 0.343 e. The zero-order valence-electron chi connectivity index (χ0n) is 18.8. The monoisotopic (exact) mass is 469 g/mol. The molecule has 0 heterocycles. The highest BCUT2D eigenvalue weighted by Gasteiger charge is 2.09. The van der Waals surface area contributed by atoms with E-state index < -0.39 is 11.9 Å². The molecule has 2 aromatic rings. The normalized spacial score (nSPS) is 10.2. The predicted octanol–water partition coefficient (Wildman–Crippen LogP) is 2.94. The van der Waals surface area contributed by atoms with Gasteiger partial charge in [-0.1, -0.05) is 6.58 Å². The van der Waals surface area contributed by atoms with Gasteiger partial charge >= 0.3 is 11.9 Å². The van der Waals surface area contributed by atoms with Crippen molar-refractivity contribution in [1.82, 2.24) is 0 Å². The van der Waals surface area contributed by atoms with Gasteiger partial charge in [0.2, 0.25) is 0 Å². The number of hydrogen-bond donors (Lipinski definition) is 0. The van der Waals surface area contributed by atoms with Crippen LogP contribution in [0.5, 0.6) is 11.5 Å². The van der Waals surface area contributed by atoms with Crippen molar-refractivity contribution in [3.05, 3.63) is 72.3 Å². The van der Waals surface area contributed by atoms with Crippen molar-refractivity contribution < 1.29 is 38.0 Å². The Hall–Kier alpha value is -3.71. The summed E-state index contributed by atoms with van der Waals surface area (Å²) in [6.45, 7) is 6.16. The summed E-state index contributed by atoms with van der Waals surface area (Å²) in [6.07, 6.45) is 1.10. The third kappa shape index (κ3) is 10.7. The molecular formula is C25H27NO8. The first kappa shape index (κ1) is 26.5. The van der Waals surface area contributed by atoms with Gasteiger partial charge in [-0.2, -0.15) is 5.26 Å². The lowest BCUT2D eigenvalue weighted by Crippen LogP contribution is -2.14. The van der Waals surface area contributed by atoms with Crippen LogP contribution in [0.1, 0.15) is 15.9 Å². The molecule has 0 saturated carbocycles. The van der Waals surface area contributed by atoms with E-state index in [-0.39, 0.29) is 6.61 Å². The Morgan fingerprint density at radius 2 is 1.29 bits per heavy atom. The second-order valence-corrected chi connectivity index (χ2v) is 6.61. The number of nitriles is 1. The molecule has 180 valence electrons. The molecule has 0 aliphatic rings. The van der Waals surface area contributed by atoms with E-state index in [1.54, 1.807) is 48.5 Å². The molecule has 0 aliphatic carbocycles. The number of ether oxygens (including phenoxy) is 6. The van der Waals surface area contributed by atoms with Crippen LogP contribution in [0.2, 0.25) is 0 Å². The van der Waals surface area contributed by atoms with Crippen molar-refractivity contribution in [2.75, 3.05) is 52.9 Å². The van der Waals surface area contributed by atoms with Crippen molar-refractivity contribution in [1.29, 1.82) is 5.26 Å². The molecule has 0 bridgehead atoms. The molecule has 2 rings (SSSR count). The molecule has 0 aromatic heterocycles. The second kappa shape index (κ2) is 16.0. The standard InChI is InChI=1S/C25H27NO8/c1-2-24(27)33-18-16-31-14-12-29-11-13-30-15-17-32-22-9-5-21(6-10-22)25(28)34-23-7-3-20(19-26)4-8-23/h2-10H,1,11-18H2. The zero-order valence-corrected chi connectivity index (χ0v) is 18.8. The van der Waals surface area contributed by atoms with Gasteiger partial charge in [0, 0.05) is 6.08 Å². The van der Waals surface area contributed by atoms with E-state index in [9.17, 15) is 9.59 Å². The summed E-state index contributed by atoms with van der Waals surface area (Å²) in [7, 11) is 0. The first-order valence-corrected chi connectivity index (χ1v) is 10.6. The summed E-state index contributed by atoms with van der Waals surface area (Å²) in [5.41, 5.74) is 0.872. The van der Waals surface area contributed by atoms with Crippen LogP contribution in [-0.4, -0.2) is 64.8 Å². The largest absolute Gasteiger partial charge is 0.491 e. The highest BCUT2D eigenvalue weighted by Crippen LogP contribution is 2.16. The van der Waals surface area contributed by atoms with Crippen LogP contribution in [-0.2, 0) is 23.7 Å². The molecule has 9 nitrogen and oxygen atoms in total. The fraction of sp³-hybridized carbons (Fsp3) is 0.320. The van der Waals surface area contributed by atoms with Crippen molar-refractivity contribution in [2.24, 2.45) is 0 Å². The lowest BCUT2D eigenvalue weighted by molar-refractivity contribution is -0.139. The van der Waals surface area contributed by atoms with Gasteiger partial charge in [0.05, 0.1) is 56.8 Å². The zero-order chi connectivity index (χ0) is 24.4. The maximum absolute atomic E-state index is 12.2. The van der Waals surface area contributed by atoms with Crippen LogP contribution in [0.25, 0.3) is 0 Å².